The smallest absolute Gasteiger partial charge is 0.264 e. The second-order valence-corrected chi connectivity index (χ2v) is 9.15. The number of anilines is 1. The van der Waals surface area contributed by atoms with Crippen molar-refractivity contribution in [3.8, 4) is 5.75 Å². The lowest BCUT2D eigenvalue weighted by Gasteiger charge is -2.24. The minimum atomic E-state index is -4.24. The van der Waals surface area contributed by atoms with Crippen LogP contribution in [-0.4, -0.2) is 32.2 Å². The van der Waals surface area contributed by atoms with E-state index in [-0.39, 0.29) is 16.3 Å². The maximum absolute atomic E-state index is 14.5. The Morgan fingerprint density at radius 2 is 1.62 bits per heavy atom. The third kappa shape index (κ3) is 4.74. The molecule has 7 nitrogen and oxygen atoms in total. The van der Waals surface area contributed by atoms with Gasteiger partial charge in [0.05, 0.1) is 16.8 Å². The summed E-state index contributed by atoms with van der Waals surface area (Å²) in [5.74, 6) is -1.62. The molecule has 0 heterocycles. The highest BCUT2D eigenvalue weighted by Gasteiger charge is 2.28. The van der Waals surface area contributed by atoms with E-state index in [4.69, 9.17) is 0 Å². The molecule has 0 bridgehead atoms. The van der Waals surface area contributed by atoms with E-state index in [1.807, 2.05) is 12.1 Å². The molecule has 0 atom stereocenters. The van der Waals surface area contributed by atoms with Crippen LogP contribution in [0.1, 0.15) is 5.56 Å². The first kappa shape index (κ1) is 22.9. The zero-order chi connectivity index (χ0) is 24.1. The molecule has 34 heavy (non-hydrogen) atoms. The van der Waals surface area contributed by atoms with Gasteiger partial charge < -0.3 is 5.11 Å². The molecule has 0 aromatic heterocycles. The van der Waals surface area contributed by atoms with E-state index < -0.39 is 28.3 Å². The number of para-hydroxylation sites is 1. The number of hydrazone groups is 1. The number of nitrogens with one attached hydrogen (secondary N) is 1. The molecular weight excluding hydrogens is 457 g/mol. The molecule has 0 aliphatic heterocycles. The van der Waals surface area contributed by atoms with Crippen molar-refractivity contribution < 1.29 is 22.7 Å². The third-order valence-corrected chi connectivity index (χ3v) is 6.84. The van der Waals surface area contributed by atoms with Crippen molar-refractivity contribution in [2.45, 2.75) is 4.90 Å². The highest BCUT2D eigenvalue weighted by atomic mass is 32.2. The minimum Gasteiger partial charge on any atom is -0.507 e. The van der Waals surface area contributed by atoms with E-state index in [0.29, 0.717) is 9.87 Å². The summed E-state index contributed by atoms with van der Waals surface area (Å²) in [6.07, 6.45) is 1.27. The fourth-order valence-corrected chi connectivity index (χ4v) is 4.88. The Balaban J connectivity index is 1.60. The number of hydrogen-bond donors (Lipinski definition) is 2. The van der Waals surface area contributed by atoms with Gasteiger partial charge in [0, 0.05) is 5.56 Å². The molecule has 0 radical (unpaired) electrons. The predicted octanol–water partition coefficient (Wildman–Crippen LogP) is 4.03. The molecular formula is C25H20FN3O4S. The molecule has 9 heteroatoms. The van der Waals surface area contributed by atoms with Gasteiger partial charge in [0.2, 0.25) is 0 Å². The molecule has 172 valence electrons. The summed E-state index contributed by atoms with van der Waals surface area (Å²) in [5.41, 5.74) is 2.38. The molecule has 1 amide bonds. The van der Waals surface area contributed by atoms with Crippen LogP contribution in [0.15, 0.2) is 101 Å². The first-order chi connectivity index (χ1) is 16.4. The number of rotatable bonds is 7. The van der Waals surface area contributed by atoms with Gasteiger partial charge in [-0.15, -0.1) is 0 Å². The third-order valence-electron chi connectivity index (χ3n) is 5.07. The number of phenols is 1. The topological polar surface area (TPSA) is 99.1 Å². The molecule has 0 aliphatic carbocycles. The second-order valence-electron chi connectivity index (χ2n) is 7.29. The van der Waals surface area contributed by atoms with E-state index in [0.717, 1.165) is 16.8 Å². The van der Waals surface area contributed by atoms with Crippen molar-refractivity contribution in [2.24, 2.45) is 5.10 Å². The second kappa shape index (κ2) is 9.72. The van der Waals surface area contributed by atoms with Gasteiger partial charge in [0.25, 0.3) is 15.9 Å². The highest BCUT2D eigenvalue weighted by molar-refractivity contribution is 7.92. The Morgan fingerprint density at radius 1 is 0.941 bits per heavy atom. The van der Waals surface area contributed by atoms with Gasteiger partial charge in [0.1, 0.15) is 18.1 Å². The average molecular weight is 478 g/mol. The van der Waals surface area contributed by atoms with Crippen LogP contribution >= 0.6 is 0 Å². The number of nitrogens with zero attached hydrogens (tertiary/aromatic N) is 2. The summed E-state index contributed by atoms with van der Waals surface area (Å²) in [5, 5.41) is 15.7. The lowest BCUT2D eigenvalue weighted by Crippen LogP contribution is -2.40. The van der Waals surface area contributed by atoms with Crippen molar-refractivity contribution >= 4 is 38.6 Å². The Kier molecular flexibility index (Phi) is 6.55. The molecule has 0 spiro atoms. The van der Waals surface area contributed by atoms with Crippen LogP contribution in [0.25, 0.3) is 10.8 Å². The van der Waals surface area contributed by atoms with Gasteiger partial charge in [-0.05, 0) is 41.1 Å². The molecule has 4 rings (SSSR count). The maximum Gasteiger partial charge on any atom is 0.264 e. The van der Waals surface area contributed by atoms with Crippen LogP contribution in [0.5, 0.6) is 5.75 Å². The number of phenolic OH excluding ortho intramolecular Hbond substituents is 1. The van der Waals surface area contributed by atoms with Crippen LogP contribution < -0.4 is 9.73 Å². The Labute approximate surface area is 195 Å². The normalized spacial score (nSPS) is 11.6. The molecule has 4 aromatic carbocycles. The van der Waals surface area contributed by atoms with Crippen LogP contribution in [0, 0.1) is 5.82 Å². The van der Waals surface area contributed by atoms with Gasteiger partial charge in [-0.25, -0.2) is 18.2 Å². The van der Waals surface area contributed by atoms with Crippen molar-refractivity contribution in [3.63, 3.8) is 0 Å². The molecule has 0 unspecified atom stereocenters. The molecule has 0 aliphatic rings. The highest BCUT2D eigenvalue weighted by Crippen LogP contribution is 2.27. The van der Waals surface area contributed by atoms with Crippen LogP contribution in [0.3, 0.4) is 0 Å². The zero-order valence-electron chi connectivity index (χ0n) is 17.8. The first-order valence-corrected chi connectivity index (χ1v) is 11.7. The monoisotopic (exact) mass is 477 g/mol. The van der Waals surface area contributed by atoms with Gasteiger partial charge in [-0.1, -0.05) is 60.7 Å². The van der Waals surface area contributed by atoms with E-state index >= 15 is 0 Å². The van der Waals surface area contributed by atoms with Crippen molar-refractivity contribution in [3.05, 3.63) is 102 Å². The van der Waals surface area contributed by atoms with E-state index in [1.165, 1.54) is 54.7 Å². The Morgan fingerprint density at radius 3 is 2.38 bits per heavy atom. The molecule has 0 saturated carbocycles. The summed E-state index contributed by atoms with van der Waals surface area (Å²) in [6, 6.07) is 23.3. The van der Waals surface area contributed by atoms with Gasteiger partial charge in [0.15, 0.2) is 0 Å². The Bertz CT molecular complexity index is 1470. The molecule has 2 N–H and O–H groups in total. The lowest BCUT2D eigenvalue weighted by atomic mass is 10.0. The van der Waals surface area contributed by atoms with Crippen molar-refractivity contribution in [1.82, 2.24) is 5.43 Å². The van der Waals surface area contributed by atoms with Gasteiger partial charge in [-0.2, -0.15) is 5.10 Å². The average Bonchev–Trinajstić information content (AvgIpc) is 2.85. The number of carbonyl (C=O) groups is 1. The quantitative estimate of drug-likeness (QED) is 0.310. The molecule has 0 fully saturated rings. The maximum atomic E-state index is 14.5. The van der Waals surface area contributed by atoms with Crippen LogP contribution in [0.4, 0.5) is 10.1 Å². The number of amides is 1. The largest absolute Gasteiger partial charge is 0.507 e. The fraction of sp³-hybridized carbons (Fsp3) is 0.0400. The standard InChI is InChI=1S/C25H20FN3O4S/c26-22-12-6-7-13-23(22)29(34(32,33)19-9-2-1-3-10-19)17-25(31)28-27-16-21-20-11-5-4-8-18(20)14-15-24(21)30/h1-16,30H,17H2,(H,28,31)/b27-16-. The zero-order valence-corrected chi connectivity index (χ0v) is 18.6. The number of fused-ring (bicyclic) bond motifs is 1. The molecule has 4 aromatic rings. The summed E-state index contributed by atoms with van der Waals surface area (Å²) in [7, 11) is -4.24. The summed E-state index contributed by atoms with van der Waals surface area (Å²) in [6.45, 7) is -0.711. The van der Waals surface area contributed by atoms with Crippen molar-refractivity contribution in [1.29, 1.82) is 0 Å². The SMILES string of the molecule is O=C(CN(c1ccccc1F)S(=O)(=O)c1ccccc1)N/N=C\c1c(O)ccc2ccccc12. The fourth-order valence-electron chi connectivity index (χ4n) is 3.43. The summed E-state index contributed by atoms with van der Waals surface area (Å²) < 4.78 is 41.6. The number of carbonyl (C=O) groups excluding carboxylic acids is 1. The van der Waals surface area contributed by atoms with E-state index in [9.17, 15) is 22.7 Å². The van der Waals surface area contributed by atoms with Gasteiger partial charge in [-0.3, -0.25) is 9.10 Å². The van der Waals surface area contributed by atoms with Gasteiger partial charge >= 0.3 is 0 Å². The number of hydrogen-bond acceptors (Lipinski definition) is 5. The lowest BCUT2D eigenvalue weighted by molar-refractivity contribution is -0.119. The molecule has 0 saturated heterocycles. The van der Waals surface area contributed by atoms with Crippen LogP contribution in [-0.2, 0) is 14.8 Å². The summed E-state index contributed by atoms with van der Waals surface area (Å²) >= 11 is 0. The van der Waals surface area contributed by atoms with E-state index in [2.05, 4.69) is 10.5 Å². The van der Waals surface area contributed by atoms with E-state index in [1.54, 1.807) is 24.3 Å². The predicted molar refractivity (Wildman–Crippen MR) is 129 cm³/mol. The Hall–Kier alpha value is -4.24. The first-order valence-electron chi connectivity index (χ1n) is 10.2. The summed E-state index contributed by atoms with van der Waals surface area (Å²) in [4.78, 5) is 12.6. The number of aromatic hydroxyl groups is 1. The number of sulfonamides is 1. The number of benzene rings is 4. The van der Waals surface area contributed by atoms with Crippen molar-refractivity contribution in [2.75, 3.05) is 10.8 Å². The minimum absolute atomic E-state index is 0.0312. The number of halogens is 1. The van der Waals surface area contributed by atoms with Crippen LogP contribution in [0.2, 0.25) is 0 Å².